The molecule has 0 aliphatic rings. The average molecular weight is 133 g/mol. The van der Waals surface area contributed by atoms with E-state index < -0.39 is 0 Å². The van der Waals surface area contributed by atoms with Crippen LogP contribution in [0.1, 0.15) is 6.92 Å². The van der Waals surface area contributed by atoms with Crippen LogP contribution >= 0.6 is 0 Å². The van der Waals surface area contributed by atoms with E-state index in [0.717, 1.165) is 6.54 Å². The summed E-state index contributed by atoms with van der Waals surface area (Å²) in [4.78, 5) is 0. The molecular weight excluding hydrogens is 118 g/mol. The molecule has 3 heteroatoms. The van der Waals surface area contributed by atoms with Crippen molar-refractivity contribution in [3.63, 3.8) is 0 Å². The highest BCUT2D eigenvalue weighted by Crippen LogP contribution is 1.80. The minimum absolute atomic E-state index is 0.346. The lowest BCUT2D eigenvalue weighted by Gasteiger charge is -2.04. The quantitative estimate of drug-likeness (QED) is 0.501. The van der Waals surface area contributed by atoms with Gasteiger partial charge < -0.3 is 15.2 Å². The van der Waals surface area contributed by atoms with Crippen molar-refractivity contribution in [2.24, 2.45) is 0 Å². The van der Waals surface area contributed by atoms with Crippen LogP contribution in [0.3, 0.4) is 0 Å². The van der Waals surface area contributed by atoms with Crippen LogP contribution in [0, 0.1) is 0 Å². The van der Waals surface area contributed by atoms with E-state index in [2.05, 4.69) is 5.32 Å². The summed E-state index contributed by atoms with van der Waals surface area (Å²) in [5.74, 6) is 0. The van der Waals surface area contributed by atoms with E-state index in [1.165, 1.54) is 0 Å². The maximum atomic E-state index is 8.71. The molecule has 9 heavy (non-hydrogen) atoms. The predicted octanol–water partition coefficient (Wildman–Crippen LogP) is -0.397. The van der Waals surface area contributed by atoms with E-state index in [-0.39, 0.29) is 6.10 Å². The summed E-state index contributed by atoms with van der Waals surface area (Å²) in [5, 5.41) is 11.6. The fraction of sp³-hybridized carbons (Fsp3) is 1.00. The van der Waals surface area contributed by atoms with Crippen LogP contribution in [0.15, 0.2) is 0 Å². The molecule has 0 aliphatic carbocycles. The van der Waals surface area contributed by atoms with E-state index in [1.807, 2.05) is 7.05 Å². The third-order valence-corrected chi connectivity index (χ3v) is 0.855. The largest absolute Gasteiger partial charge is 0.391 e. The Morgan fingerprint density at radius 1 is 1.67 bits per heavy atom. The monoisotopic (exact) mass is 133 g/mol. The van der Waals surface area contributed by atoms with Gasteiger partial charge in [-0.1, -0.05) is 0 Å². The number of likely N-dealkylation sites (N-methyl/N-ethyl adjacent to an activating group) is 1. The highest BCUT2D eigenvalue weighted by atomic mass is 16.5. The summed E-state index contributed by atoms with van der Waals surface area (Å²) in [6.07, 6.45) is -0.346. The van der Waals surface area contributed by atoms with Crippen LogP contribution in [-0.2, 0) is 4.74 Å². The molecule has 0 aromatic heterocycles. The zero-order valence-corrected chi connectivity index (χ0v) is 6.05. The smallest absolute Gasteiger partial charge is 0.0745 e. The molecule has 0 amide bonds. The van der Waals surface area contributed by atoms with E-state index in [4.69, 9.17) is 9.84 Å². The van der Waals surface area contributed by atoms with Crippen molar-refractivity contribution in [3.8, 4) is 0 Å². The maximum Gasteiger partial charge on any atom is 0.0745 e. The summed E-state index contributed by atoms with van der Waals surface area (Å²) in [5.41, 5.74) is 0. The average Bonchev–Trinajstić information content (AvgIpc) is 1.80. The Labute approximate surface area is 56.0 Å². The van der Waals surface area contributed by atoms with Gasteiger partial charge in [0.05, 0.1) is 19.3 Å². The van der Waals surface area contributed by atoms with Gasteiger partial charge in [0.1, 0.15) is 0 Å². The molecule has 1 unspecified atom stereocenters. The summed E-state index contributed by atoms with van der Waals surface area (Å²) in [7, 11) is 1.87. The first-order chi connectivity index (χ1) is 4.27. The maximum absolute atomic E-state index is 8.71. The number of aliphatic hydroxyl groups excluding tert-OH is 1. The number of aliphatic hydroxyl groups is 1. The molecule has 56 valence electrons. The Morgan fingerprint density at radius 2 is 2.33 bits per heavy atom. The molecule has 2 N–H and O–H groups in total. The lowest BCUT2D eigenvalue weighted by atomic mass is 10.4. The molecule has 0 aromatic rings. The molecular formula is C6H15NO2. The number of nitrogens with one attached hydrogen (secondary N) is 1. The topological polar surface area (TPSA) is 41.5 Å². The first-order valence-electron chi connectivity index (χ1n) is 3.17. The van der Waals surface area contributed by atoms with Crippen molar-refractivity contribution >= 4 is 0 Å². The third kappa shape index (κ3) is 7.88. The van der Waals surface area contributed by atoms with Gasteiger partial charge in [0, 0.05) is 6.54 Å². The summed E-state index contributed by atoms with van der Waals surface area (Å²) in [6.45, 7) is 3.65. The van der Waals surface area contributed by atoms with Gasteiger partial charge in [-0.2, -0.15) is 0 Å². The Kier molecular flexibility index (Phi) is 5.93. The van der Waals surface area contributed by atoms with Crippen molar-refractivity contribution in [2.45, 2.75) is 13.0 Å². The Hall–Kier alpha value is -0.120. The van der Waals surface area contributed by atoms with E-state index in [1.54, 1.807) is 6.92 Å². The van der Waals surface area contributed by atoms with Crippen LogP contribution in [0.5, 0.6) is 0 Å². The zero-order valence-electron chi connectivity index (χ0n) is 6.05. The summed E-state index contributed by atoms with van der Waals surface area (Å²) < 4.78 is 5.02. The normalized spacial score (nSPS) is 13.7. The zero-order chi connectivity index (χ0) is 7.11. The number of hydrogen-bond donors (Lipinski definition) is 2. The van der Waals surface area contributed by atoms with Crippen molar-refractivity contribution < 1.29 is 9.84 Å². The van der Waals surface area contributed by atoms with Gasteiger partial charge >= 0.3 is 0 Å². The Balaban J connectivity index is 2.75. The molecule has 0 bridgehead atoms. The van der Waals surface area contributed by atoms with E-state index in [0.29, 0.717) is 13.2 Å². The summed E-state index contributed by atoms with van der Waals surface area (Å²) in [6, 6.07) is 0. The highest BCUT2D eigenvalue weighted by molar-refractivity contribution is 4.42. The molecule has 1 atom stereocenters. The second kappa shape index (κ2) is 6.01. The van der Waals surface area contributed by atoms with Gasteiger partial charge in [0.2, 0.25) is 0 Å². The van der Waals surface area contributed by atoms with Crippen molar-refractivity contribution in [1.29, 1.82) is 0 Å². The minimum atomic E-state index is -0.346. The van der Waals surface area contributed by atoms with Gasteiger partial charge in [-0.15, -0.1) is 0 Å². The first-order valence-corrected chi connectivity index (χ1v) is 3.17. The second-order valence-electron chi connectivity index (χ2n) is 2.03. The molecule has 0 fully saturated rings. The van der Waals surface area contributed by atoms with Gasteiger partial charge in [0.25, 0.3) is 0 Å². The van der Waals surface area contributed by atoms with Crippen molar-refractivity contribution in [2.75, 3.05) is 26.8 Å². The fourth-order valence-corrected chi connectivity index (χ4v) is 0.428. The Morgan fingerprint density at radius 3 is 2.78 bits per heavy atom. The molecule has 3 nitrogen and oxygen atoms in total. The fourth-order valence-electron chi connectivity index (χ4n) is 0.428. The summed E-state index contributed by atoms with van der Waals surface area (Å²) >= 11 is 0. The third-order valence-electron chi connectivity index (χ3n) is 0.855. The lowest BCUT2D eigenvalue weighted by molar-refractivity contribution is 0.0482. The van der Waals surface area contributed by atoms with Gasteiger partial charge in [0.15, 0.2) is 0 Å². The number of rotatable bonds is 5. The molecule has 0 saturated carbocycles. The highest BCUT2D eigenvalue weighted by Gasteiger charge is 1.92. The van der Waals surface area contributed by atoms with E-state index in [9.17, 15) is 0 Å². The molecule has 0 spiro atoms. The second-order valence-corrected chi connectivity index (χ2v) is 2.03. The molecule has 0 aliphatic heterocycles. The van der Waals surface area contributed by atoms with Gasteiger partial charge in [-0.3, -0.25) is 0 Å². The first kappa shape index (κ1) is 8.88. The van der Waals surface area contributed by atoms with Gasteiger partial charge in [-0.25, -0.2) is 0 Å². The molecule has 0 radical (unpaired) electrons. The lowest BCUT2D eigenvalue weighted by Crippen LogP contribution is -2.18. The van der Waals surface area contributed by atoms with Crippen molar-refractivity contribution in [3.05, 3.63) is 0 Å². The number of hydrogen-bond acceptors (Lipinski definition) is 3. The van der Waals surface area contributed by atoms with Crippen molar-refractivity contribution in [1.82, 2.24) is 5.32 Å². The molecule has 0 heterocycles. The Bertz CT molecular complexity index is 57.0. The van der Waals surface area contributed by atoms with Crippen LogP contribution in [0.2, 0.25) is 0 Å². The molecule has 0 saturated heterocycles. The minimum Gasteiger partial charge on any atom is -0.391 e. The van der Waals surface area contributed by atoms with E-state index >= 15 is 0 Å². The molecule has 0 rings (SSSR count). The number of ether oxygens (including phenoxy) is 1. The van der Waals surface area contributed by atoms with Crippen LogP contribution in [-0.4, -0.2) is 38.0 Å². The van der Waals surface area contributed by atoms with Crippen LogP contribution in [0.25, 0.3) is 0 Å². The predicted molar refractivity (Wildman–Crippen MR) is 36.4 cm³/mol. The van der Waals surface area contributed by atoms with Crippen LogP contribution in [0.4, 0.5) is 0 Å². The van der Waals surface area contributed by atoms with Gasteiger partial charge in [-0.05, 0) is 14.0 Å². The SMILES string of the molecule is CNCCOCC(C)O. The molecule has 0 aromatic carbocycles. The standard InChI is InChI=1S/C6H15NO2/c1-6(8)5-9-4-3-7-2/h6-8H,3-5H2,1-2H3. The van der Waals surface area contributed by atoms with Crippen LogP contribution < -0.4 is 5.32 Å².